The molecule has 12 atom stereocenters. The lowest BCUT2D eigenvalue weighted by Gasteiger charge is -2.57. The van der Waals surface area contributed by atoms with Gasteiger partial charge in [0.1, 0.15) is 18.0 Å². The van der Waals surface area contributed by atoms with E-state index >= 15 is 0 Å². The number of hydrogen-bond acceptors (Lipinski definition) is 6. The summed E-state index contributed by atoms with van der Waals surface area (Å²) in [4.78, 5) is 23.7. The molecule has 6 aliphatic rings. The Labute approximate surface area is 281 Å². The standard InChI is InChI=1S/C41H56O6/c1-24(42)46-37-15-12-32-29-10-9-26-23-35(44)27(22-31(26)28(29)17-20-40(32,37)4)8-6-7-19-39(3)34-18-21-41(5)33(30(34)11-14-36(39)45)13-16-38(41)47-25(2)43/h22-23,28-30,32-34,36-38,44-45H,7,9-21H2,1-5H3/t28?,29?,30?,32?,33?,34?,36-,37+,38+,39-,40+,41+/m1/s1. The Morgan fingerprint density at radius 1 is 0.809 bits per heavy atom. The first kappa shape index (κ1) is 33.0. The zero-order valence-electron chi connectivity index (χ0n) is 29.3. The Morgan fingerprint density at radius 2 is 1.45 bits per heavy atom. The summed E-state index contributed by atoms with van der Waals surface area (Å²) in [6.07, 6.45) is 13.6. The topological polar surface area (TPSA) is 93.1 Å². The summed E-state index contributed by atoms with van der Waals surface area (Å²) in [5.41, 5.74) is 3.27. The van der Waals surface area contributed by atoms with Crippen LogP contribution in [0.15, 0.2) is 12.1 Å². The highest BCUT2D eigenvalue weighted by molar-refractivity contribution is 5.66. The molecule has 0 aromatic heterocycles. The van der Waals surface area contributed by atoms with Crippen LogP contribution in [0.25, 0.3) is 0 Å². The monoisotopic (exact) mass is 644 g/mol. The predicted molar refractivity (Wildman–Crippen MR) is 180 cm³/mol. The molecule has 2 N–H and O–H groups in total. The molecule has 0 amide bonds. The molecule has 0 bridgehead atoms. The summed E-state index contributed by atoms with van der Waals surface area (Å²) < 4.78 is 11.7. The number of rotatable bonds is 4. The van der Waals surface area contributed by atoms with Crippen LogP contribution in [0, 0.1) is 57.7 Å². The average Bonchev–Trinajstić information content (AvgIpc) is 3.52. The van der Waals surface area contributed by atoms with Crippen molar-refractivity contribution < 1.29 is 29.3 Å². The molecule has 6 heteroatoms. The number of phenolic OH excluding ortho intramolecular Hbond substituents is 1. The molecular weight excluding hydrogens is 588 g/mol. The number of ether oxygens (including phenoxy) is 2. The molecule has 0 heterocycles. The SMILES string of the molecule is CC(=O)O[C@H]1CCC2C3CCc4cc(O)c(C#CCC[C@]5(C)C6CC[C@@]7(C)C(CC[C@@H]7OC(C)=O)C6CC[C@H]5O)cc4C3CC[C@@]21C. The number of carbonyl (C=O) groups is 2. The van der Waals surface area contributed by atoms with Crippen LogP contribution in [0.5, 0.6) is 5.75 Å². The Morgan fingerprint density at radius 3 is 2.11 bits per heavy atom. The summed E-state index contributed by atoms with van der Waals surface area (Å²) >= 11 is 0. The fourth-order valence-corrected chi connectivity index (χ4v) is 12.7. The van der Waals surface area contributed by atoms with E-state index < -0.39 is 0 Å². The number of benzene rings is 1. The van der Waals surface area contributed by atoms with Gasteiger partial charge in [0.25, 0.3) is 0 Å². The molecule has 6 aliphatic carbocycles. The van der Waals surface area contributed by atoms with Crippen LogP contribution in [-0.4, -0.2) is 40.5 Å². The van der Waals surface area contributed by atoms with E-state index in [1.54, 1.807) is 0 Å². The molecule has 0 spiro atoms. The van der Waals surface area contributed by atoms with E-state index in [1.165, 1.54) is 25.0 Å². The first-order valence-electron chi connectivity index (χ1n) is 18.7. The van der Waals surface area contributed by atoms with Crippen molar-refractivity contribution in [2.75, 3.05) is 0 Å². The zero-order valence-corrected chi connectivity index (χ0v) is 29.3. The average molecular weight is 645 g/mol. The van der Waals surface area contributed by atoms with Crippen molar-refractivity contribution in [1.29, 1.82) is 0 Å². The van der Waals surface area contributed by atoms with Crippen LogP contribution < -0.4 is 0 Å². The van der Waals surface area contributed by atoms with Crippen molar-refractivity contribution in [3.8, 4) is 17.6 Å². The van der Waals surface area contributed by atoms with Gasteiger partial charge in [0.15, 0.2) is 0 Å². The molecule has 7 rings (SSSR count). The first-order valence-corrected chi connectivity index (χ1v) is 18.7. The summed E-state index contributed by atoms with van der Waals surface area (Å²) in [7, 11) is 0. The molecule has 47 heavy (non-hydrogen) atoms. The van der Waals surface area contributed by atoms with Crippen molar-refractivity contribution in [1.82, 2.24) is 0 Å². The maximum atomic E-state index is 11.8. The first-order chi connectivity index (χ1) is 22.3. The number of phenols is 1. The normalized spacial score (nSPS) is 43.2. The van der Waals surface area contributed by atoms with Gasteiger partial charge in [-0.05, 0) is 148 Å². The molecule has 6 nitrogen and oxygen atoms in total. The number of aryl methyl sites for hydroxylation is 1. The van der Waals surface area contributed by atoms with Crippen LogP contribution in [-0.2, 0) is 25.5 Å². The quantitative estimate of drug-likeness (QED) is 0.256. The van der Waals surface area contributed by atoms with Crippen LogP contribution in [0.3, 0.4) is 0 Å². The van der Waals surface area contributed by atoms with Gasteiger partial charge in [0.05, 0.1) is 11.7 Å². The molecule has 1 aromatic carbocycles. The van der Waals surface area contributed by atoms with Gasteiger partial charge in [-0.3, -0.25) is 9.59 Å². The van der Waals surface area contributed by atoms with Gasteiger partial charge in [-0.2, -0.15) is 0 Å². The fraction of sp³-hybridized carbons (Fsp3) is 0.756. The van der Waals surface area contributed by atoms with Crippen molar-refractivity contribution in [3.05, 3.63) is 28.8 Å². The third-order valence-corrected chi connectivity index (χ3v) is 15.1. The van der Waals surface area contributed by atoms with Gasteiger partial charge < -0.3 is 19.7 Å². The lowest BCUT2D eigenvalue weighted by molar-refractivity contribution is -0.163. The van der Waals surface area contributed by atoms with E-state index in [2.05, 4.69) is 38.7 Å². The lowest BCUT2D eigenvalue weighted by Crippen LogP contribution is -2.54. The highest BCUT2D eigenvalue weighted by Crippen LogP contribution is 2.64. The molecular formula is C41H56O6. The van der Waals surface area contributed by atoms with E-state index in [-0.39, 0.29) is 52.2 Å². The van der Waals surface area contributed by atoms with E-state index in [9.17, 15) is 19.8 Å². The Bertz CT molecular complexity index is 1470. The lowest BCUT2D eigenvalue weighted by atomic mass is 9.48. The molecule has 6 unspecified atom stereocenters. The molecule has 5 saturated carbocycles. The Hall–Kier alpha value is -2.52. The zero-order chi connectivity index (χ0) is 33.3. The van der Waals surface area contributed by atoms with Crippen molar-refractivity contribution in [2.45, 2.75) is 149 Å². The molecule has 256 valence electrons. The minimum atomic E-state index is -0.331. The molecule has 0 radical (unpaired) electrons. The number of aliphatic hydroxyl groups is 1. The van der Waals surface area contributed by atoms with Gasteiger partial charge in [0.2, 0.25) is 0 Å². The summed E-state index contributed by atoms with van der Waals surface area (Å²) in [5, 5.41) is 22.4. The minimum Gasteiger partial charge on any atom is -0.507 e. The smallest absolute Gasteiger partial charge is 0.302 e. The molecule has 0 saturated heterocycles. The highest BCUT2D eigenvalue weighted by Gasteiger charge is 2.60. The van der Waals surface area contributed by atoms with Crippen molar-refractivity contribution in [2.24, 2.45) is 45.8 Å². The second kappa shape index (κ2) is 12.1. The molecule has 0 aliphatic heterocycles. The minimum absolute atomic E-state index is 0.0171. The highest BCUT2D eigenvalue weighted by atomic mass is 16.5. The van der Waals surface area contributed by atoms with E-state index in [4.69, 9.17) is 9.47 Å². The second-order valence-electron chi connectivity index (χ2n) is 17.2. The number of aliphatic hydroxyl groups excluding tert-OH is 1. The van der Waals surface area contributed by atoms with Gasteiger partial charge in [-0.1, -0.05) is 32.6 Å². The Balaban J connectivity index is 1.05. The second-order valence-corrected chi connectivity index (χ2v) is 17.2. The van der Waals surface area contributed by atoms with Gasteiger partial charge >= 0.3 is 11.9 Å². The number of fused-ring (bicyclic) bond motifs is 8. The number of esters is 2. The Kier molecular flexibility index (Phi) is 8.51. The number of carbonyl (C=O) groups excluding carboxylic acids is 2. The van der Waals surface area contributed by atoms with E-state index in [0.717, 1.165) is 89.0 Å². The third kappa shape index (κ3) is 5.42. The van der Waals surface area contributed by atoms with E-state index in [1.807, 2.05) is 6.07 Å². The molecule has 1 aromatic rings. The molecule has 5 fully saturated rings. The largest absolute Gasteiger partial charge is 0.507 e. The summed E-state index contributed by atoms with van der Waals surface area (Å²) in [6.45, 7) is 10.0. The van der Waals surface area contributed by atoms with Gasteiger partial charge in [-0.25, -0.2) is 0 Å². The predicted octanol–water partition coefficient (Wildman–Crippen LogP) is 7.85. The maximum Gasteiger partial charge on any atom is 0.302 e. The summed E-state index contributed by atoms with van der Waals surface area (Å²) in [5.74, 6) is 9.89. The third-order valence-electron chi connectivity index (χ3n) is 15.1. The van der Waals surface area contributed by atoms with Crippen LogP contribution >= 0.6 is 0 Å². The van der Waals surface area contributed by atoms with Gasteiger partial charge in [0, 0.05) is 31.1 Å². The van der Waals surface area contributed by atoms with Crippen LogP contribution in [0.2, 0.25) is 0 Å². The van der Waals surface area contributed by atoms with Crippen molar-refractivity contribution in [3.63, 3.8) is 0 Å². The number of aromatic hydroxyl groups is 1. The fourth-order valence-electron chi connectivity index (χ4n) is 12.7. The number of hydrogen-bond donors (Lipinski definition) is 2. The van der Waals surface area contributed by atoms with Crippen LogP contribution in [0.4, 0.5) is 0 Å². The van der Waals surface area contributed by atoms with Crippen LogP contribution in [0.1, 0.15) is 141 Å². The van der Waals surface area contributed by atoms with Crippen molar-refractivity contribution >= 4 is 11.9 Å². The maximum absolute atomic E-state index is 11.8. The van der Waals surface area contributed by atoms with E-state index in [0.29, 0.717) is 41.9 Å². The summed E-state index contributed by atoms with van der Waals surface area (Å²) in [6, 6.07) is 4.16. The van der Waals surface area contributed by atoms with Gasteiger partial charge in [-0.15, -0.1) is 0 Å².